The summed E-state index contributed by atoms with van der Waals surface area (Å²) in [7, 11) is 0. The second-order valence-electron chi connectivity index (χ2n) is 4.02. The molecule has 0 radical (unpaired) electrons. The van der Waals surface area contributed by atoms with Gasteiger partial charge in [0.2, 0.25) is 0 Å². The Morgan fingerprint density at radius 2 is 2.38 bits per heavy atom. The number of nitrogens with zero attached hydrogens (tertiary/aromatic N) is 2. The van der Waals surface area contributed by atoms with Crippen LogP contribution in [0.5, 0.6) is 0 Å². The van der Waals surface area contributed by atoms with Gasteiger partial charge >= 0.3 is 0 Å². The highest BCUT2D eigenvalue weighted by atomic mass is 32.1. The first kappa shape index (κ1) is 9.99. The summed E-state index contributed by atoms with van der Waals surface area (Å²) in [6, 6.07) is 1.98. The zero-order valence-electron chi connectivity index (χ0n) is 8.99. The third-order valence-corrected chi connectivity index (χ3v) is 3.95. The summed E-state index contributed by atoms with van der Waals surface area (Å²) in [6.45, 7) is 1.68. The average Bonchev–Trinajstić information content (AvgIpc) is 2.91. The molecule has 1 aliphatic carbocycles. The fourth-order valence-corrected chi connectivity index (χ4v) is 3.13. The van der Waals surface area contributed by atoms with E-state index in [0.29, 0.717) is 0 Å². The van der Waals surface area contributed by atoms with Gasteiger partial charge in [0, 0.05) is 29.9 Å². The molecule has 1 aliphatic rings. The molecule has 16 heavy (non-hydrogen) atoms. The Balaban J connectivity index is 1.54. The first-order valence-corrected chi connectivity index (χ1v) is 6.40. The van der Waals surface area contributed by atoms with Crippen molar-refractivity contribution in [3.63, 3.8) is 0 Å². The largest absolute Gasteiger partial charge is 0.305 e. The van der Waals surface area contributed by atoms with E-state index < -0.39 is 0 Å². The van der Waals surface area contributed by atoms with E-state index in [1.807, 2.05) is 17.4 Å². The summed E-state index contributed by atoms with van der Waals surface area (Å²) < 4.78 is 0. The maximum atomic E-state index is 4.64. The van der Waals surface area contributed by atoms with Crippen LogP contribution in [-0.2, 0) is 25.9 Å². The molecule has 0 amide bonds. The van der Waals surface area contributed by atoms with Gasteiger partial charge in [0.05, 0.1) is 5.69 Å². The second kappa shape index (κ2) is 4.35. The molecular weight excluding hydrogens is 220 g/mol. The smallest absolute Gasteiger partial charge is 0.107 e. The van der Waals surface area contributed by atoms with Crippen LogP contribution in [0.4, 0.5) is 0 Å². The minimum Gasteiger partial charge on any atom is -0.305 e. The summed E-state index contributed by atoms with van der Waals surface area (Å²) in [5.74, 6) is 0. The lowest BCUT2D eigenvalue weighted by Crippen LogP contribution is -2.12. The molecule has 0 fully saturated rings. The third kappa shape index (κ3) is 2.01. The van der Waals surface area contributed by atoms with Crippen LogP contribution in [0, 0.1) is 0 Å². The number of thiazole rings is 1. The topological polar surface area (TPSA) is 53.6 Å². The maximum Gasteiger partial charge on any atom is 0.107 e. The van der Waals surface area contributed by atoms with Crippen LogP contribution in [0.3, 0.4) is 0 Å². The Morgan fingerprint density at radius 1 is 1.38 bits per heavy atom. The van der Waals surface area contributed by atoms with Gasteiger partial charge in [-0.15, -0.1) is 11.3 Å². The summed E-state index contributed by atoms with van der Waals surface area (Å²) >= 11 is 1.86. The van der Waals surface area contributed by atoms with E-state index in [-0.39, 0.29) is 0 Å². The first-order chi connectivity index (χ1) is 7.92. The zero-order valence-corrected chi connectivity index (χ0v) is 9.81. The van der Waals surface area contributed by atoms with Crippen molar-refractivity contribution in [2.75, 3.05) is 0 Å². The lowest BCUT2D eigenvalue weighted by Gasteiger charge is -1.99. The second-order valence-corrected chi connectivity index (χ2v) is 5.18. The number of rotatable bonds is 4. The molecule has 2 aromatic heterocycles. The number of hydrogen-bond donors (Lipinski definition) is 2. The van der Waals surface area contributed by atoms with E-state index in [1.165, 1.54) is 34.8 Å². The van der Waals surface area contributed by atoms with Crippen molar-refractivity contribution < 1.29 is 0 Å². The molecule has 2 heterocycles. The van der Waals surface area contributed by atoms with Crippen LogP contribution in [0.2, 0.25) is 0 Å². The van der Waals surface area contributed by atoms with Crippen LogP contribution in [0.1, 0.15) is 27.7 Å². The Hall–Kier alpha value is -1.20. The molecule has 4 nitrogen and oxygen atoms in total. The van der Waals surface area contributed by atoms with Crippen molar-refractivity contribution in [3.05, 3.63) is 33.5 Å². The molecule has 0 unspecified atom stereocenters. The monoisotopic (exact) mass is 234 g/mol. The highest BCUT2D eigenvalue weighted by Crippen LogP contribution is 2.27. The molecule has 5 heteroatoms. The molecule has 0 aliphatic heterocycles. The third-order valence-electron chi connectivity index (χ3n) is 2.79. The molecule has 0 spiro atoms. The van der Waals surface area contributed by atoms with E-state index in [0.717, 1.165) is 18.8 Å². The molecule has 0 saturated heterocycles. The highest BCUT2D eigenvalue weighted by Gasteiger charge is 2.16. The van der Waals surface area contributed by atoms with Crippen molar-refractivity contribution in [1.82, 2.24) is 20.5 Å². The van der Waals surface area contributed by atoms with Crippen molar-refractivity contribution in [2.24, 2.45) is 0 Å². The lowest BCUT2D eigenvalue weighted by molar-refractivity contribution is 0.672. The number of aromatic amines is 1. The van der Waals surface area contributed by atoms with Crippen molar-refractivity contribution in [3.8, 4) is 0 Å². The highest BCUT2D eigenvalue weighted by molar-refractivity contribution is 7.11. The lowest BCUT2D eigenvalue weighted by atomic mass is 10.4. The predicted octanol–water partition coefficient (Wildman–Crippen LogP) is 1.64. The summed E-state index contributed by atoms with van der Waals surface area (Å²) in [4.78, 5) is 6.14. The van der Waals surface area contributed by atoms with E-state index in [4.69, 9.17) is 0 Å². The van der Waals surface area contributed by atoms with Crippen molar-refractivity contribution in [1.29, 1.82) is 0 Å². The van der Waals surface area contributed by atoms with Gasteiger partial charge in [0.15, 0.2) is 0 Å². The Labute approximate surface area is 98.1 Å². The van der Waals surface area contributed by atoms with Crippen LogP contribution < -0.4 is 5.32 Å². The molecule has 0 atom stereocenters. The first-order valence-electron chi connectivity index (χ1n) is 5.58. The van der Waals surface area contributed by atoms with Crippen LogP contribution >= 0.6 is 11.3 Å². The Morgan fingerprint density at radius 3 is 3.19 bits per heavy atom. The van der Waals surface area contributed by atoms with Crippen LogP contribution in [0.25, 0.3) is 0 Å². The zero-order chi connectivity index (χ0) is 10.8. The van der Waals surface area contributed by atoms with E-state index in [9.17, 15) is 0 Å². The summed E-state index contributed by atoms with van der Waals surface area (Å²) in [5.41, 5.74) is 2.45. The molecule has 3 rings (SSSR count). The van der Waals surface area contributed by atoms with Crippen LogP contribution in [-0.4, -0.2) is 15.2 Å². The van der Waals surface area contributed by atoms with Gasteiger partial charge in [-0.2, -0.15) is 5.10 Å². The summed E-state index contributed by atoms with van der Waals surface area (Å²) in [6.07, 6.45) is 5.46. The fourth-order valence-electron chi connectivity index (χ4n) is 2.01. The molecule has 2 aromatic rings. The molecule has 2 N–H and O–H groups in total. The van der Waals surface area contributed by atoms with Gasteiger partial charge in [-0.3, -0.25) is 5.10 Å². The minimum absolute atomic E-state index is 0.824. The van der Waals surface area contributed by atoms with Gasteiger partial charge < -0.3 is 5.32 Å². The van der Waals surface area contributed by atoms with E-state index in [2.05, 4.69) is 20.5 Å². The summed E-state index contributed by atoms with van der Waals surface area (Å²) in [5, 5.41) is 11.4. The molecule has 84 valence electrons. The van der Waals surface area contributed by atoms with E-state index in [1.54, 1.807) is 6.20 Å². The number of H-pyrrole nitrogens is 1. The van der Waals surface area contributed by atoms with Crippen LogP contribution in [0.15, 0.2) is 12.3 Å². The van der Waals surface area contributed by atoms with Gasteiger partial charge in [-0.25, -0.2) is 4.98 Å². The van der Waals surface area contributed by atoms with Crippen molar-refractivity contribution in [2.45, 2.75) is 32.4 Å². The SMILES string of the molecule is c1cc(CNCc2nc3c(s2)CCC3)[nH]n1. The number of aromatic nitrogens is 3. The number of aryl methyl sites for hydroxylation is 2. The molecular formula is C11H14N4S. The van der Waals surface area contributed by atoms with Crippen molar-refractivity contribution >= 4 is 11.3 Å². The average molecular weight is 234 g/mol. The standard InChI is InChI=1S/C11H14N4S/c1-2-9-10(3-1)16-11(14-9)7-12-6-8-4-5-13-15-8/h4-5,12H,1-3,6-7H2,(H,13,15). The number of fused-ring (bicyclic) bond motifs is 1. The van der Waals surface area contributed by atoms with Gasteiger partial charge in [0.1, 0.15) is 5.01 Å². The predicted molar refractivity (Wildman–Crippen MR) is 63.3 cm³/mol. The number of hydrogen-bond acceptors (Lipinski definition) is 4. The van der Waals surface area contributed by atoms with E-state index >= 15 is 0 Å². The quantitative estimate of drug-likeness (QED) is 0.845. The fraction of sp³-hybridized carbons (Fsp3) is 0.455. The molecule has 0 bridgehead atoms. The molecule has 0 saturated carbocycles. The normalized spacial score (nSPS) is 14.2. The van der Waals surface area contributed by atoms with Gasteiger partial charge in [-0.05, 0) is 25.3 Å². The maximum absolute atomic E-state index is 4.64. The Kier molecular flexibility index (Phi) is 2.71. The minimum atomic E-state index is 0.824. The Bertz CT molecular complexity index is 439. The number of nitrogens with one attached hydrogen (secondary N) is 2. The van der Waals surface area contributed by atoms with Gasteiger partial charge in [0.25, 0.3) is 0 Å². The van der Waals surface area contributed by atoms with Gasteiger partial charge in [-0.1, -0.05) is 0 Å². The molecule has 0 aromatic carbocycles.